The predicted molar refractivity (Wildman–Crippen MR) is 88.4 cm³/mol. The van der Waals surface area contributed by atoms with Gasteiger partial charge >= 0.3 is 5.97 Å². The van der Waals surface area contributed by atoms with Gasteiger partial charge in [-0.05, 0) is 37.1 Å². The number of carbonyl (C=O) groups excluding carboxylic acids is 1. The number of ether oxygens (including phenoxy) is 1. The average Bonchev–Trinajstić information content (AvgIpc) is 2.50. The first kappa shape index (κ1) is 17.3. The molecule has 126 valence electrons. The molecule has 23 heavy (non-hydrogen) atoms. The van der Waals surface area contributed by atoms with E-state index >= 15 is 0 Å². The highest BCUT2D eigenvalue weighted by molar-refractivity contribution is 5.99. The number of nitrogens with one attached hydrogen (secondary N) is 1. The number of fused-ring (bicyclic) bond motifs is 1. The van der Waals surface area contributed by atoms with Gasteiger partial charge < -0.3 is 20.1 Å². The Labute approximate surface area is 136 Å². The van der Waals surface area contributed by atoms with Crippen LogP contribution in [0.4, 0.5) is 5.69 Å². The minimum Gasteiger partial charge on any atom is -0.490 e. The molecule has 0 unspecified atom stereocenters. The van der Waals surface area contributed by atoms with Crippen molar-refractivity contribution in [1.29, 1.82) is 0 Å². The standard InChI is InChI=1S/C17H24N2O4/c1-12(2)5-6-18-10-15(20)13-3-4-16-14(9-13)19(7-8-23-16)11-17(21)22/h3-4,9,12,18H,5-8,10-11H2,1-2H3,(H,21,22). The molecule has 0 saturated heterocycles. The lowest BCUT2D eigenvalue weighted by Gasteiger charge is -2.30. The zero-order chi connectivity index (χ0) is 16.8. The quantitative estimate of drug-likeness (QED) is 0.561. The molecular formula is C17H24N2O4. The summed E-state index contributed by atoms with van der Waals surface area (Å²) in [5.41, 5.74) is 1.24. The number of Topliss-reactive ketones (excluding diaryl/α,β-unsaturated/α-hetero) is 1. The maximum Gasteiger partial charge on any atom is 0.323 e. The largest absolute Gasteiger partial charge is 0.490 e. The lowest BCUT2D eigenvalue weighted by molar-refractivity contribution is -0.135. The summed E-state index contributed by atoms with van der Waals surface area (Å²) < 4.78 is 5.53. The van der Waals surface area contributed by atoms with Crippen LogP contribution < -0.4 is 15.0 Å². The van der Waals surface area contributed by atoms with Crippen molar-refractivity contribution in [3.05, 3.63) is 23.8 Å². The lowest BCUT2D eigenvalue weighted by atomic mass is 10.1. The number of aliphatic carboxylic acids is 1. The average molecular weight is 320 g/mol. The van der Waals surface area contributed by atoms with Crippen molar-refractivity contribution in [1.82, 2.24) is 5.32 Å². The van der Waals surface area contributed by atoms with Crippen molar-refractivity contribution in [2.24, 2.45) is 5.92 Å². The summed E-state index contributed by atoms with van der Waals surface area (Å²) >= 11 is 0. The highest BCUT2D eigenvalue weighted by Gasteiger charge is 2.21. The molecule has 6 heteroatoms. The summed E-state index contributed by atoms with van der Waals surface area (Å²) in [5.74, 6) is 0.326. The summed E-state index contributed by atoms with van der Waals surface area (Å²) in [6.07, 6.45) is 1.03. The minimum absolute atomic E-state index is 0.00240. The minimum atomic E-state index is -0.898. The third kappa shape index (κ3) is 4.96. The Morgan fingerprint density at radius 1 is 1.39 bits per heavy atom. The van der Waals surface area contributed by atoms with Gasteiger partial charge in [-0.25, -0.2) is 0 Å². The zero-order valence-corrected chi connectivity index (χ0v) is 13.7. The van der Waals surface area contributed by atoms with Crippen LogP contribution in [0.25, 0.3) is 0 Å². The fourth-order valence-electron chi connectivity index (χ4n) is 2.47. The number of carboxylic acids is 1. The molecule has 0 atom stereocenters. The Morgan fingerprint density at radius 3 is 2.87 bits per heavy atom. The van der Waals surface area contributed by atoms with Crippen molar-refractivity contribution >= 4 is 17.4 Å². The summed E-state index contributed by atoms with van der Waals surface area (Å²) in [5, 5.41) is 12.1. The Balaban J connectivity index is 2.03. The van der Waals surface area contributed by atoms with Crippen LogP contribution in [-0.2, 0) is 4.79 Å². The van der Waals surface area contributed by atoms with E-state index < -0.39 is 5.97 Å². The van der Waals surface area contributed by atoms with E-state index in [0.29, 0.717) is 36.1 Å². The van der Waals surface area contributed by atoms with Crippen molar-refractivity contribution in [2.45, 2.75) is 20.3 Å². The highest BCUT2D eigenvalue weighted by atomic mass is 16.5. The maximum absolute atomic E-state index is 12.3. The molecule has 1 aliphatic rings. The van der Waals surface area contributed by atoms with E-state index in [1.54, 1.807) is 23.1 Å². The highest BCUT2D eigenvalue weighted by Crippen LogP contribution is 2.32. The number of carboxylic acid groups (broad SMARTS) is 1. The van der Waals surface area contributed by atoms with E-state index in [9.17, 15) is 9.59 Å². The number of hydrogen-bond acceptors (Lipinski definition) is 5. The Hall–Kier alpha value is -2.08. The van der Waals surface area contributed by atoms with E-state index in [0.717, 1.165) is 13.0 Å². The fraction of sp³-hybridized carbons (Fsp3) is 0.529. The molecule has 1 aliphatic heterocycles. The number of hydrogen-bond donors (Lipinski definition) is 2. The molecule has 1 aromatic rings. The molecule has 6 nitrogen and oxygen atoms in total. The molecule has 0 aromatic heterocycles. The van der Waals surface area contributed by atoms with Gasteiger partial charge in [0, 0.05) is 5.56 Å². The number of rotatable bonds is 8. The molecule has 0 bridgehead atoms. The van der Waals surface area contributed by atoms with Crippen LogP contribution in [0.3, 0.4) is 0 Å². The van der Waals surface area contributed by atoms with Gasteiger partial charge in [-0.1, -0.05) is 13.8 Å². The molecule has 0 radical (unpaired) electrons. The molecular weight excluding hydrogens is 296 g/mol. The Bertz CT molecular complexity index is 572. The Kier molecular flexibility index (Phi) is 5.98. The first-order valence-electron chi connectivity index (χ1n) is 7.95. The summed E-state index contributed by atoms with van der Waals surface area (Å²) in [4.78, 5) is 25.0. The third-order valence-electron chi connectivity index (χ3n) is 3.75. The molecule has 0 fully saturated rings. The number of ketones is 1. The van der Waals surface area contributed by atoms with Crippen molar-refractivity contribution in [2.75, 3.05) is 37.7 Å². The summed E-state index contributed by atoms with van der Waals surface area (Å²) in [7, 11) is 0. The van der Waals surface area contributed by atoms with Crippen molar-refractivity contribution in [3.63, 3.8) is 0 Å². The number of benzene rings is 1. The second-order valence-corrected chi connectivity index (χ2v) is 6.13. The van der Waals surface area contributed by atoms with Gasteiger partial charge in [0.2, 0.25) is 0 Å². The molecule has 2 N–H and O–H groups in total. The Morgan fingerprint density at radius 2 is 2.17 bits per heavy atom. The van der Waals surface area contributed by atoms with Crippen molar-refractivity contribution < 1.29 is 19.4 Å². The topological polar surface area (TPSA) is 78.9 Å². The molecule has 0 amide bonds. The fourth-order valence-corrected chi connectivity index (χ4v) is 2.47. The van der Waals surface area contributed by atoms with E-state index in [2.05, 4.69) is 19.2 Å². The summed E-state index contributed by atoms with van der Waals surface area (Å²) in [6.45, 7) is 6.23. The van der Waals surface area contributed by atoms with Gasteiger partial charge in [0.05, 0.1) is 18.8 Å². The van der Waals surface area contributed by atoms with Gasteiger partial charge in [-0.3, -0.25) is 9.59 Å². The van der Waals surface area contributed by atoms with Gasteiger partial charge in [-0.15, -0.1) is 0 Å². The number of nitrogens with zero attached hydrogens (tertiary/aromatic N) is 1. The van der Waals surface area contributed by atoms with Crippen LogP contribution in [0.5, 0.6) is 5.75 Å². The molecule has 1 aromatic carbocycles. The first-order valence-corrected chi connectivity index (χ1v) is 7.95. The molecule has 0 spiro atoms. The van der Waals surface area contributed by atoms with E-state index in [4.69, 9.17) is 9.84 Å². The van der Waals surface area contributed by atoms with Gasteiger partial charge in [0.15, 0.2) is 5.78 Å². The normalized spacial score (nSPS) is 13.6. The van der Waals surface area contributed by atoms with E-state index in [1.165, 1.54) is 0 Å². The van der Waals surface area contributed by atoms with Crippen LogP contribution in [0, 0.1) is 5.92 Å². The molecule has 1 heterocycles. The monoisotopic (exact) mass is 320 g/mol. The predicted octanol–water partition coefficient (Wildman–Crippen LogP) is 1.79. The SMILES string of the molecule is CC(C)CCNCC(=O)c1ccc2c(c1)N(CC(=O)O)CCO2. The van der Waals surface area contributed by atoms with Crippen LogP contribution in [0.1, 0.15) is 30.6 Å². The van der Waals surface area contributed by atoms with Crippen LogP contribution in [0.15, 0.2) is 18.2 Å². The third-order valence-corrected chi connectivity index (χ3v) is 3.75. The number of anilines is 1. The van der Waals surface area contributed by atoms with Gasteiger partial charge in [0.25, 0.3) is 0 Å². The molecule has 0 saturated carbocycles. The maximum atomic E-state index is 12.3. The van der Waals surface area contributed by atoms with E-state index in [1.807, 2.05) is 0 Å². The van der Waals surface area contributed by atoms with Gasteiger partial charge in [-0.2, -0.15) is 0 Å². The molecule has 2 rings (SSSR count). The van der Waals surface area contributed by atoms with Crippen LogP contribution in [0.2, 0.25) is 0 Å². The molecule has 0 aliphatic carbocycles. The second kappa shape index (κ2) is 7.97. The van der Waals surface area contributed by atoms with Crippen molar-refractivity contribution in [3.8, 4) is 5.75 Å². The van der Waals surface area contributed by atoms with Gasteiger partial charge in [0.1, 0.15) is 18.9 Å². The summed E-state index contributed by atoms with van der Waals surface area (Å²) in [6, 6.07) is 5.20. The lowest BCUT2D eigenvalue weighted by Crippen LogP contribution is -2.37. The smallest absolute Gasteiger partial charge is 0.323 e. The second-order valence-electron chi connectivity index (χ2n) is 6.13. The van der Waals surface area contributed by atoms with Crippen LogP contribution in [-0.4, -0.2) is 49.6 Å². The first-order chi connectivity index (χ1) is 11.0. The number of carbonyl (C=O) groups is 2. The van der Waals surface area contributed by atoms with Crippen LogP contribution >= 0.6 is 0 Å². The zero-order valence-electron chi connectivity index (χ0n) is 13.7. The van der Waals surface area contributed by atoms with E-state index in [-0.39, 0.29) is 18.9 Å².